The fourth-order valence-corrected chi connectivity index (χ4v) is 3.40. The monoisotopic (exact) mass is 324 g/mol. The maximum Gasteiger partial charge on any atom is 0.243 e. The molecule has 0 radical (unpaired) electrons. The van der Waals surface area contributed by atoms with Gasteiger partial charge in [0.1, 0.15) is 6.54 Å². The minimum Gasteiger partial charge on any atom is -0.375 e. The van der Waals surface area contributed by atoms with E-state index in [2.05, 4.69) is 22.5 Å². The van der Waals surface area contributed by atoms with Crippen LogP contribution in [0.2, 0.25) is 0 Å². The number of likely N-dealkylation sites (N-methyl/N-ethyl adjacent to an activating group) is 1. The van der Waals surface area contributed by atoms with E-state index in [1.54, 1.807) is 19.0 Å². The molecule has 0 aromatic carbocycles. The summed E-state index contributed by atoms with van der Waals surface area (Å²) in [6.07, 6.45) is 7.98. The first kappa shape index (κ1) is 18.0. The maximum absolute atomic E-state index is 11.8. The molecule has 6 heteroatoms. The Kier molecular flexibility index (Phi) is 6.69. The lowest BCUT2D eigenvalue weighted by Crippen LogP contribution is -2.51. The number of aliphatic imine (C=N–C) groups is 1. The van der Waals surface area contributed by atoms with Crippen molar-refractivity contribution in [2.24, 2.45) is 4.99 Å². The van der Waals surface area contributed by atoms with Gasteiger partial charge in [-0.1, -0.05) is 19.8 Å². The van der Waals surface area contributed by atoms with E-state index in [9.17, 15) is 4.79 Å². The molecule has 1 spiro atoms. The van der Waals surface area contributed by atoms with Gasteiger partial charge in [0.25, 0.3) is 0 Å². The SMILES string of the molecule is CCCNC(=NCC(=O)N(C)C)NC1CCOC2(CCCC2)C1. The van der Waals surface area contributed by atoms with Crippen molar-refractivity contribution in [3.05, 3.63) is 0 Å². The van der Waals surface area contributed by atoms with Crippen LogP contribution in [-0.4, -0.2) is 62.2 Å². The zero-order chi connectivity index (χ0) is 16.7. The van der Waals surface area contributed by atoms with Gasteiger partial charge in [-0.2, -0.15) is 0 Å². The molecule has 1 aliphatic heterocycles. The van der Waals surface area contributed by atoms with E-state index in [4.69, 9.17) is 4.74 Å². The van der Waals surface area contributed by atoms with Crippen LogP contribution in [-0.2, 0) is 9.53 Å². The molecule has 132 valence electrons. The summed E-state index contributed by atoms with van der Waals surface area (Å²) in [6.45, 7) is 3.98. The first-order valence-corrected chi connectivity index (χ1v) is 8.93. The average Bonchev–Trinajstić information content (AvgIpc) is 2.97. The normalized spacial score (nSPS) is 23.8. The quantitative estimate of drug-likeness (QED) is 0.594. The summed E-state index contributed by atoms with van der Waals surface area (Å²) >= 11 is 0. The second kappa shape index (κ2) is 8.52. The van der Waals surface area contributed by atoms with Crippen molar-refractivity contribution in [1.29, 1.82) is 0 Å². The second-order valence-corrected chi connectivity index (χ2v) is 6.95. The van der Waals surface area contributed by atoms with Gasteiger partial charge in [0.2, 0.25) is 5.91 Å². The molecule has 1 amide bonds. The fourth-order valence-electron chi connectivity index (χ4n) is 3.40. The molecule has 2 rings (SSSR count). The molecular formula is C17H32N4O2. The molecule has 1 saturated heterocycles. The molecule has 1 heterocycles. The number of carbonyl (C=O) groups excluding carboxylic acids is 1. The zero-order valence-corrected chi connectivity index (χ0v) is 14.9. The molecule has 1 unspecified atom stereocenters. The van der Waals surface area contributed by atoms with Crippen LogP contribution < -0.4 is 10.6 Å². The summed E-state index contributed by atoms with van der Waals surface area (Å²) in [7, 11) is 3.51. The fraction of sp³-hybridized carbons (Fsp3) is 0.882. The number of guanidine groups is 1. The predicted molar refractivity (Wildman–Crippen MR) is 92.6 cm³/mol. The highest BCUT2D eigenvalue weighted by atomic mass is 16.5. The second-order valence-electron chi connectivity index (χ2n) is 6.95. The molecular weight excluding hydrogens is 292 g/mol. The molecule has 0 aromatic rings. The zero-order valence-electron chi connectivity index (χ0n) is 14.9. The van der Waals surface area contributed by atoms with Gasteiger partial charge in [0.15, 0.2) is 5.96 Å². The summed E-state index contributed by atoms with van der Waals surface area (Å²) in [5.74, 6) is 0.768. The molecule has 23 heavy (non-hydrogen) atoms. The van der Waals surface area contributed by atoms with E-state index in [0.29, 0.717) is 6.04 Å². The van der Waals surface area contributed by atoms with Crippen LogP contribution in [0.5, 0.6) is 0 Å². The van der Waals surface area contributed by atoms with Gasteiger partial charge in [-0.25, -0.2) is 4.99 Å². The van der Waals surface area contributed by atoms with Crippen molar-refractivity contribution in [2.45, 2.75) is 63.5 Å². The van der Waals surface area contributed by atoms with E-state index in [-0.39, 0.29) is 18.1 Å². The van der Waals surface area contributed by atoms with Crippen LogP contribution in [0.1, 0.15) is 51.9 Å². The number of nitrogens with zero attached hydrogens (tertiary/aromatic N) is 2. The smallest absolute Gasteiger partial charge is 0.243 e. The molecule has 1 atom stereocenters. The lowest BCUT2D eigenvalue weighted by atomic mass is 9.89. The number of hydrogen-bond acceptors (Lipinski definition) is 3. The van der Waals surface area contributed by atoms with E-state index in [0.717, 1.165) is 38.4 Å². The molecule has 2 aliphatic rings. The lowest BCUT2D eigenvalue weighted by Gasteiger charge is -2.39. The highest BCUT2D eigenvalue weighted by Crippen LogP contribution is 2.39. The summed E-state index contributed by atoms with van der Waals surface area (Å²) in [5, 5.41) is 6.84. The van der Waals surface area contributed by atoms with Gasteiger partial charge < -0.3 is 20.3 Å². The third-order valence-electron chi connectivity index (χ3n) is 4.76. The van der Waals surface area contributed by atoms with E-state index in [1.807, 2.05) is 0 Å². The van der Waals surface area contributed by atoms with Crippen LogP contribution in [0, 0.1) is 0 Å². The Morgan fingerprint density at radius 3 is 2.74 bits per heavy atom. The number of hydrogen-bond donors (Lipinski definition) is 2. The molecule has 2 N–H and O–H groups in total. The summed E-state index contributed by atoms with van der Waals surface area (Å²) in [5.41, 5.74) is 0.0885. The van der Waals surface area contributed by atoms with E-state index < -0.39 is 0 Å². The standard InChI is InChI=1S/C17H32N4O2/c1-4-10-18-16(19-13-15(22)21(2)3)20-14-7-11-23-17(12-14)8-5-6-9-17/h14H,4-13H2,1-3H3,(H2,18,19,20). The Morgan fingerprint density at radius 2 is 2.09 bits per heavy atom. The van der Waals surface area contributed by atoms with Crippen LogP contribution >= 0.6 is 0 Å². The van der Waals surface area contributed by atoms with Gasteiger partial charge in [-0.15, -0.1) is 0 Å². The topological polar surface area (TPSA) is 66.0 Å². The third kappa shape index (κ3) is 5.37. The molecule has 2 fully saturated rings. The van der Waals surface area contributed by atoms with Crippen molar-refractivity contribution < 1.29 is 9.53 Å². The van der Waals surface area contributed by atoms with Crippen molar-refractivity contribution >= 4 is 11.9 Å². The van der Waals surface area contributed by atoms with Crippen LogP contribution in [0.4, 0.5) is 0 Å². The number of nitrogens with one attached hydrogen (secondary N) is 2. The summed E-state index contributed by atoms with van der Waals surface area (Å²) in [4.78, 5) is 17.8. The van der Waals surface area contributed by atoms with Crippen molar-refractivity contribution in [1.82, 2.24) is 15.5 Å². The van der Waals surface area contributed by atoms with Crippen molar-refractivity contribution in [3.63, 3.8) is 0 Å². The maximum atomic E-state index is 11.8. The van der Waals surface area contributed by atoms with Gasteiger partial charge in [0, 0.05) is 33.3 Å². The number of carbonyl (C=O) groups is 1. The molecule has 6 nitrogen and oxygen atoms in total. The lowest BCUT2D eigenvalue weighted by molar-refractivity contribution is -0.127. The Bertz CT molecular complexity index is 417. The van der Waals surface area contributed by atoms with Gasteiger partial charge >= 0.3 is 0 Å². The largest absolute Gasteiger partial charge is 0.375 e. The van der Waals surface area contributed by atoms with Crippen LogP contribution in [0.15, 0.2) is 4.99 Å². The van der Waals surface area contributed by atoms with E-state index in [1.165, 1.54) is 25.7 Å². The number of ether oxygens (including phenoxy) is 1. The Morgan fingerprint density at radius 1 is 1.35 bits per heavy atom. The van der Waals surface area contributed by atoms with Gasteiger partial charge in [-0.3, -0.25) is 4.79 Å². The highest BCUT2D eigenvalue weighted by molar-refractivity contribution is 5.84. The Labute approximate surface area is 140 Å². The van der Waals surface area contributed by atoms with Crippen LogP contribution in [0.25, 0.3) is 0 Å². The Balaban J connectivity index is 1.93. The predicted octanol–water partition coefficient (Wildman–Crippen LogP) is 1.51. The number of amides is 1. The van der Waals surface area contributed by atoms with Crippen molar-refractivity contribution in [3.8, 4) is 0 Å². The molecule has 0 aromatic heterocycles. The first-order chi connectivity index (χ1) is 11.0. The average molecular weight is 324 g/mol. The van der Waals surface area contributed by atoms with Gasteiger partial charge in [0.05, 0.1) is 5.60 Å². The molecule has 1 saturated carbocycles. The highest BCUT2D eigenvalue weighted by Gasteiger charge is 2.40. The molecule has 0 bridgehead atoms. The van der Waals surface area contributed by atoms with Crippen LogP contribution in [0.3, 0.4) is 0 Å². The minimum absolute atomic E-state index is 0.0156. The van der Waals surface area contributed by atoms with Gasteiger partial charge in [-0.05, 0) is 32.1 Å². The summed E-state index contributed by atoms with van der Waals surface area (Å²) in [6, 6.07) is 0.374. The minimum atomic E-state index is 0.0156. The third-order valence-corrected chi connectivity index (χ3v) is 4.76. The summed E-state index contributed by atoms with van der Waals surface area (Å²) < 4.78 is 6.09. The van der Waals surface area contributed by atoms with Crippen molar-refractivity contribution in [2.75, 3.05) is 33.8 Å². The first-order valence-electron chi connectivity index (χ1n) is 8.93. The van der Waals surface area contributed by atoms with E-state index >= 15 is 0 Å². The Hall–Kier alpha value is -1.30. The molecule has 1 aliphatic carbocycles. The number of rotatable bonds is 5.